The number of carbonyl (C=O) groups is 1. The van der Waals surface area contributed by atoms with E-state index >= 15 is 0 Å². The van der Waals surface area contributed by atoms with Crippen LogP contribution in [0.1, 0.15) is 19.8 Å². The molecule has 0 bridgehead atoms. The second-order valence-corrected chi connectivity index (χ2v) is 5.06. The maximum Gasteiger partial charge on any atom is 0.219 e. The van der Waals surface area contributed by atoms with E-state index in [0.717, 1.165) is 42.5 Å². The number of aromatic amines is 1. The Bertz CT molecular complexity index is 584. The van der Waals surface area contributed by atoms with Crippen molar-refractivity contribution in [3.05, 3.63) is 24.4 Å². The molecule has 5 nitrogen and oxygen atoms in total. The number of rotatable bonds is 2. The van der Waals surface area contributed by atoms with Gasteiger partial charge in [0.05, 0.1) is 11.7 Å². The van der Waals surface area contributed by atoms with Gasteiger partial charge in [0.15, 0.2) is 0 Å². The molecular weight excluding hydrogens is 240 g/mol. The fourth-order valence-electron chi connectivity index (χ4n) is 2.65. The van der Waals surface area contributed by atoms with Crippen LogP contribution in [0.2, 0.25) is 0 Å². The van der Waals surface area contributed by atoms with Crippen LogP contribution in [0.5, 0.6) is 0 Å². The van der Waals surface area contributed by atoms with Crippen LogP contribution >= 0.6 is 0 Å². The number of hydrogen-bond acceptors (Lipinski definition) is 3. The van der Waals surface area contributed by atoms with Crippen LogP contribution in [0.4, 0.5) is 5.69 Å². The maximum absolute atomic E-state index is 11.3. The third-order valence-electron chi connectivity index (χ3n) is 3.78. The summed E-state index contributed by atoms with van der Waals surface area (Å²) in [7, 11) is 0. The number of piperidine rings is 1. The molecule has 0 radical (unpaired) electrons. The normalized spacial score (nSPS) is 16.8. The first kappa shape index (κ1) is 12.0. The number of nitrogens with one attached hydrogen (secondary N) is 2. The van der Waals surface area contributed by atoms with Gasteiger partial charge in [-0.3, -0.25) is 9.89 Å². The van der Waals surface area contributed by atoms with Gasteiger partial charge in [-0.05, 0) is 25.0 Å². The van der Waals surface area contributed by atoms with Gasteiger partial charge < -0.3 is 10.2 Å². The van der Waals surface area contributed by atoms with Crippen molar-refractivity contribution in [2.45, 2.75) is 25.8 Å². The van der Waals surface area contributed by atoms with Gasteiger partial charge in [-0.15, -0.1) is 0 Å². The largest absolute Gasteiger partial charge is 0.382 e. The van der Waals surface area contributed by atoms with Crippen molar-refractivity contribution in [3.8, 4) is 0 Å². The molecule has 1 amide bonds. The second-order valence-electron chi connectivity index (χ2n) is 5.06. The standard InChI is InChI=1S/C14H18N4O/c1-10(19)18-7-5-11(6-8-18)16-13-3-2-4-14-12(13)9-15-17-14/h2-4,9,11,16H,5-8H2,1H3,(H,15,17). The fourth-order valence-corrected chi connectivity index (χ4v) is 2.65. The Kier molecular flexibility index (Phi) is 3.11. The molecule has 19 heavy (non-hydrogen) atoms. The highest BCUT2D eigenvalue weighted by atomic mass is 16.2. The van der Waals surface area contributed by atoms with Crippen molar-refractivity contribution in [2.75, 3.05) is 18.4 Å². The lowest BCUT2D eigenvalue weighted by Crippen LogP contribution is -2.41. The first-order valence-corrected chi connectivity index (χ1v) is 6.68. The van der Waals surface area contributed by atoms with Gasteiger partial charge in [0.2, 0.25) is 5.91 Å². The Labute approximate surface area is 112 Å². The van der Waals surface area contributed by atoms with Crippen LogP contribution in [-0.4, -0.2) is 40.1 Å². The molecule has 1 fully saturated rings. The number of likely N-dealkylation sites (tertiary alicyclic amines) is 1. The van der Waals surface area contributed by atoms with E-state index in [2.05, 4.69) is 21.6 Å². The zero-order valence-corrected chi connectivity index (χ0v) is 11.0. The summed E-state index contributed by atoms with van der Waals surface area (Å²) < 4.78 is 0. The van der Waals surface area contributed by atoms with Crippen molar-refractivity contribution in [2.24, 2.45) is 0 Å². The van der Waals surface area contributed by atoms with E-state index in [1.165, 1.54) is 0 Å². The number of benzene rings is 1. The number of H-pyrrole nitrogens is 1. The lowest BCUT2D eigenvalue weighted by molar-refractivity contribution is -0.129. The van der Waals surface area contributed by atoms with E-state index in [4.69, 9.17) is 0 Å². The van der Waals surface area contributed by atoms with Crippen LogP contribution < -0.4 is 5.32 Å². The smallest absolute Gasteiger partial charge is 0.219 e. The van der Waals surface area contributed by atoms with Gasteiger partial charge in [0.25, 0.3) is 0 Å². The molecule has 0 aliphatic carbocycles. The third-order valence-corrected chi connectivity index (χ3v) is 3.78. The van der Waals surface area contributed by atoms with Crippen molar-refractivity contribution in [1.82, 2.24) is 15.1 Å². The van der Waals surface area contributed by atoms with Crippen LogP contribution in [-0.2, 0) is 4.79 Å². The Hall–Kier alpha value is -2.04. The summed E-state index contributed by atoms with van der Waals surface area (Å²) >= 11 is 0. The van der Waals surface area contributed by atoms with Gasteiger partial charge in [-0.2, -0.15) is 5.10 Å². The number of carbonyl (C=O) groups excluding carboxylic acids is 1. The predicted octanol–water partition coefficient (Wildman–Crippen LogP) is 1.99. The van der Waals surface area contributed by atoms with Crippen LogP contribution in [0.25, 0.3) is 10.9 Å². The highest BCUT2D eigenvalue weighted by Crippen LogP contribution is 2.24. The predicted molar refractivity (Wildman–Crippen MR) is 75.0 cm³/mol. The van der Waals surface area contributed by atoms with Crippen molar-refractivity contribution in [1.29, 1.82) is 0 Å². The average molecular weight is 258 g/mol. The van der Waals surface area contributed by atoms with E-state index in [9.17, 15) is 4.79 Å². The summed E-state index contributed by atoms with van der Waals surface area (Å²) in [4.78, 5) is 13.2. The maximum atomic E-state index is 11.3. The quantitative estimate of drug-likeness (QED) is 0.866. The summed E-state index contributed by atoms with van der Waals surface area (Å²) in [6.07, 6.45) is 3.84. The van der Waals surface area contributed by atoms with E-state index < -0.39 is 0 Å². The van der Waals surface area contributed by atoms with E-state index in [1.807, 2.05) is 23.2 Å². The minimum Gasteiger partial charge on any atom is -0.382 e. The van der Waals surface area contributed by atoms with Crippen molar-refractivity contribution in [3.63, 3.8) is 0 Å². The molecule has 0 atom stereocenters. The number of hydrogen-bond donors (Lipinski definition) is 2. The van der Waals surface area contributed by atoms with Gasteiger partial charge in [-0.25, -0.2) is 0 Å². The Morgan fingerprint density at radius 3 is 2.95 bits per heavy atom. The van der Waals surface area contributed by atoms with Gasteiger partial charge in [-0.1, -0.05) is 6.07 Å². The molecule has 100 valence electrons. The molecule has 2 N–H and O–H groups in total. The molecule has 0 spiro atoms. The fraction of sp³-hybridized carbons (Fsp3) is 0.429. The lowest BCUT2D eigenvalue weighted by Gasteiger charge is -2.32. The minimum absolute atomic E-state index is 0.176. The van der Waals surface area contributed by atoms with Crippen LogP contribution in [0.3, 0.4) is 0 Å². The van der Waals surface area contributed by atoms with Gasteiger partial charge >= 0.3 is 0 Å². The molecule has 2 aromatic rings. The summed E-state index contributed by atoms with van der Waals surface area (Å²) in [5.74, 6) is 0.176. The number of aromatic nitrogens is 2. The molecule has 0 saturated carbocycles. The van der Waals surface area contributed by atoms with E-state index in [0.29, 0.717) is 6.04 Å². The molecule has 1 aliphatic rings. The van der Waals surface area contributed by atoms with E-state index in [1.54, 1.807) is 6.92 Å². The summed E-state index contributed by atoms with van der Waals surface area (Å²) in [6, 6.07) is 6.55. The second kappa shape index (κ2) is 4.91. The monoisotopic (exact) mass is 258 g/mol. The molecule has 2 heterocycles. The first-order chi connectivity index (χ1) is 9.24. The Morgan fingerprint density at radius 1 is 1.42 bits per heavy atom. The molecule has 1 aromatic carbocycles. The number of amides is 1. The Morgan fingerprint density at radius 2 is 2.21 bits per heavy atom. The molecule has 3 rings (SSSR count). The molecular formula is C14H18N4O. The topological polar surface area (TPSA) is 61.0 Å². The molecule has 1 aromatic heterocycles. The summed E-state index contributed by atoms with van der Waals surface area (Å²) in [5.41, 5.74) is 2.17. The summed E-state index contributed by atoms with van der Waals surface area (Å²) in [6.45, 7) is 3.32. The SMILES string of the molecule is CC(=O)N1CCC(Nc2cccc3[nH]ncc23)CC1. The molecule has 1 aliphatic heterocycles. The van der Waals surface area contributed by atoms with Crippen molar-refractivity contribution < 1.29 is 4.79 Å². The zero-order chi connectivity index (χ0) is 13.2. The van der Waals surface area contributed by atoms with Crippen LogP contribution in [0.15, 0.2) is 24.4 Å². The minimum atomic E-state index is 0.176. The molecule has 5 heteroatoms. The average Bonchev–Trinajstić information content (AvgIpc) is 2.89. The lowest BCUT2D eigenvalue weighted by atomic mass is 10.0. The number of anilines is 1. The highest BCUT2D eigenvalue weighted by molar-refractivity contribution is 5.90. The van der Waals surface area contributed by atoms with Gasteiger partial charge in [0, 0.05) is 37.1 Å². The zero-order valence-electron chi connectivity index (χ0n) is 11.0. The third kappa shape index (κ3) is 2.41. The Balaban J connectivity index is 1.69. The molecule has 1 saturated heterocycles. The van der Waals surface area contributed by atoms with Crippen molar-refractivity contribution >= 4 is 22.5 Å². The highest BCUT2D eigenvalue weighted by Gasteiger charge is 2.20. The summed E-state index contributed by atoms with van der Waals surface area (Å²) in [5, 5.41) is 11.7. The van der Waals surface area contributed by atoms with E-state index in [-0.39, 0.29) is 5.91 Å². The van der Waals surface area contributed by atoms with Crippen LogP contribution in [0, 0.1) is 0 Å². The first-order valence-electron chi connectivity index (χ1n) is 6.68. The van der Waals surface area contributed by atoms with Gasteiger partial charge in [0.1, 0.15) is 0 Å². The number of fused-ring (bicyclic) bond motifs is 1. The number of nitrogens with zero attached hydrogens (tertiary/aromatic N) is 2. The molecule has 0 unspecified atom stereocenters.